The van der Waals surface area contributed by atoms with Crippen molar-refractivity contribution in [1.29, 1.82) is 0 Å². The second kappa shape index (κ2) is 8.84. The van der Waals surface area contributed by atoms with E-state index in [4.69, 9.17) is 14.2 Å². The molecule has 0 saturated heterocycles. The maximum absolute atomic E-state index is 12.8. The van der Waals surface area contributed by atoms with Crippen molar-refractivity contribution in [3.63, 3.8) is 0 Å². The van der Waals surface area contributed by atoms with Crippen molar-refractivity contribution in [3.05, 3.63) is 55.5 Å². The van der Waals surface area contributed by atoms with Gasteiger partial charge in [-0.1, -0.05) is 40.2 Å². The van der Waals surface area contributed by atoms with E-state index in [0.717, 1.165) is 41.7 Å². The molecule has 8 heteroatoms. The van der Waals surface area contributed by atoms with Gasteiger partial charge in [0.15, 0.2) is 11.5 Å². The Balaban J connectivity index is 2.18. The van der Waals surface area contributed by atoms with Gasteiger partial charge in [-0.15, -0.1) is 0 Å². The molecule has 0 amide bonds. The van der Waals surface area contributed by atoms with Crippen LogP contribution in [0, 0.1) is 0 Å². The van der Waals surface area contributed by atoms with E-state index in [-0.39, 0.29) is 5.97 Å². The van der Waals surface area contributed by atoms with Crippen molar-refractivity contribution in [3.8, 4) is 22.6 Å². The van der Waals surface area contributed by atoms with Crippen LogP contribution in [0.1, 0.15) is 17.3 Å². The molecule has 0 radical (unpaired) electrons. The van der Waals surface area contributed by atoms with Crippen molar-refractivity contribution >= 4 is 75.4 Å². The first-order valence-corrected chi connectivity index (χ1v) is 11.8. The molecule has 0 aliphatic carbocycles. The lowest BCUT2D eigenvalue weighted by atomic mass is 9.95. The number of methoxy groups -OCH3 is 2. The van der Waals surface area contributed by atoms with E-state index < -0.39 is 0 Å². The average molecular weight is 612 g/mol. The number of esters is 1. The monoisotopic (exact) mass is 609 g/mol. The van der Waals surface area contributed by atoms with Crippen LogP contribution in [0.3, 0.4) is 0 Å². The van der Waals surface area contributed by atoms with Gasteiger partial charge in [0, 0.05) is 25.5 Å². The van der Waals surface area contributed by atoms with Crippen LogP contribution in [-0.4, -0.2) is 31.8 Å². The summed E-state index contributed by atoms with van der Waals surface area (Å²) in [6.07, 6.45) is 0. The first-order chi connectivity index (χ1) is 14.9. The molecule has 0 bridgehead atoms. The Morgan fingerprint density at radius 1 is 1.00 bits per heavy atom. The van der Waals surface area contributed by atoms with Gasteiger partial charge in [-0.25, -0.2) is 4.79 Å². The van der Waals surface area contributed by atoms with Crippen molar-refractivity contribution in [2.45, 2.75) is 6.92 Å². The van der Waals surface area contributed by atoms with Crippen LogP contribution in [0.2, 0.25) is 0 Å². The van der Waals surface area contributed by atoms with Crippen molar-refractivity contribution in [2.75, 3.05) is 20.8 Å². The number of carbonyl (C=O) groups is 1. The predicted octanol–water partition coefficient (Wildman–Crippen LogP) is 7.47. The summed E-state index contributed by atoms with van der Waals surface area (Å²) in [5.41, 5.74) is 3.04. The number of H-pyrrole nitrogens is 1. The summed E-state index contributed by atoms with van der Waals surface area (Å²) in [6, 6.07) is 11.7. The number of hydrogen-bond donors (Lipinski definition) is 1. The van der Waals surface area contributed by atoms with Crippen LogP contribution in [0.5, 0.6) is 11.5 Å². The van der Waals surface area contributed by atoms with E-state index in [1.54, 1.807) is 21.1 Å². The lowest BCUT2D eigenvalue weighted by Crippen LogP contribution is -2.04. The number of aromatic amines is 1. The third-order valence-corrected chi connectivity index (χ3v) is 7.15. The first-order valence-electron chi connectivity index (χ1n) is 9.43. The fourth-order valence-electron chi connectivity index (χ4n) is 3.76. The van der Waals surface area contributed by atoms with Gasteiger partial charge >= 0.3 is 5.97 Å². The quantitative estimate of drug-likeness (QED) is 0.238. The number of aromatic nitrogens is 1. The summed E-state index contributed by atoms with van der Waals surface area (Å²) in [7, 11) is 3.20. The van der Waals surface area contributed by atoms with E-state index >= 15 is 0 Å². The van der Waals surface area contributed by atoms with Gasteiger partial charge < -0.3 is 19.2 Å². The zero-order chi connectivity index (χ0) is 22.3. The second-order valence-electron chi connectivity index (χ2n) is 6.71. The molecule has 1 aromatic heterocycles. The number of carbonyl (C=O) groups excluding carboxylic acids is 1. The largest absolute Gasteiger partial charge is 0.493 e. The summed E-state index contributed by atoms with van der Waals surface area (Å²) >= 11 is 11.0. The topological polar surface area (TPSA) is 60.6 Å². The van der Waals surface area contributed by atoms with Crippen LogP contribution in [-0.2, 0) is 4.74 Å². The molecule has 1 N–H and O–H groups in total. The minimum Gasteiger partial charge on any atom is -0.493 e. The Morgan fingerprint density at radius 3 is 2.29 bits per heavy atom. The molecule has 0 aliphatic heterocycles. The van der Waals surface area contributed by atoms with Gasteiger partial charge in [0.05, 0.1) is 30.9 Å². The van der Waals surface area contributed by atoms with Crippen molar-refractivity contribution < 1.29 is 19.0 Å². The minimum absolute atomic E-state index is 0.292. The van der Waals surface area contributed by atoms with Crippen molar-refractivity contribution in [2.24, 2.45) is 0 Å². The molecule has 4 aromatic rings. The molecular weight excluding hydrogens is 594 g/mol. The summed E-state index contributed by atoms with van der Waals surface area (Å²) in [5, 5.41) is 2.71. The SMILES string of the molecule is CCOC(=O)c1c(Br)[nH]c2c(-c3cc(OC)c(OC)cc3Br)c(Br)c3ccccc3c12. The predicted molar refractivity (Wildman–Crippen MR) is 133 cm³/mol. The third-order valence-electron chi connectivity index (χ3n) is 5.08. The molecule has 0 fully saturated rings. The smallest absolute Gasteiger partial charge is 0.341 e. The lowest BCUT2D eigenvalue weighted by molar-refractivity contribution is 0.0527. The average Bonchev–Trinajstić information content (AvgIpc) is 3.11. The molecular formula is C23H18Br3NO4. The molecule has 5 nitrogen and oxygen atoms in total. The lowest BCUT2D eigenvalue weighted by Gasteiger charge is -2.16. The number of ether oxygens (including phenoxy) is 3. The van der Waals surface area contributed by atoms with Gasteiger partial charge in [0.2, 0.25) is 0 Å². The molecule has 1 heterocycles. The highest BCUT2D eigenvalue weighted by Crippen LogP contribution is 2.48. The molecule has 31 heavy (non-hydrogen) atoms. The first kappa shape index (κ1) is 22.2. The maximum atomic E-state index is 12.8. The number of halogens is 3. The third kappa shape index (κ3) is 3.64. The zero-order valence-corrected chi connectivity index (χ0v) is 21.7. The van der Waals surface area contributed by atoms with Crippen LogP contribution in [0.25, 0.3) is 32.8 Å². The number of nitrogens with one attached hydrogen (secondary N) is 1. The molecule has 0 spiro atoms. The van der Waals surface area contributed by atoms with E-state index in [1.165, 1.54) is 0 Å². The van der Waals surface area contributed by atoms with E-state index in [9.17, 15) is 4.79 Å². The Kier molecular flexibility index (Phi) is 6.32. The molecule has 0 aliphatic rings. The second-order valence-corrected chi connectivity index (χ2v) is 9.15. The fraction of sp³-hybridized carbons (Fsp3) is 0.174. The molecule has 0 atom stereocenters. The highest BCUT2D eigenvalue weighted by molar-refractivity contribution is 9.11. The van der Waals surface area contributed by atoms with Crippen LogP contribution in [0.15, 0.2) is 49.9 Å². The van der Waals surface area contributed by atoms with Crippen molar-refractivity contribution in [1.82, 2.24) is 4.98 Å². The van der Waals surface area contributed by atoms with E-state index in [1.807, 2.05) is 36.4 Å². The Morgan fingerprint density at radius 2 is 1.65 bits per heavy atom. The molecule has 4 rings (SSSR count). The highest BCUT2D eigenvalue weighted by atomic mass is 79.9. The van der Waals surface area contributed by atoms with Gasteiger partial charge in [0.1, 0.15) is 5.56 Å². The summed E-state index contributed by atoms with van der Waals surface area (Å²) in [4.78, 5) is 16.2. The fourth-order valence-corrected chi connectivity index (χ4v) is 5.59. The molecule has 160 valence electrons. The van der Waals surface area contributed by atoms with Gasteiger partial charge in [-0.05, 0) is 61.7 Å². The van der Waals surface area contributed by atoms with Gasteiger partial charge in [0.25, 0.3) is 0 Å². The number of hydrogen-bond acceptors (Lipinski definition) is 4. The highest BCUT2D eigenvalue weighted by Gasteiger charge is 2.26. The molecule has 3 aromatic carbocycles. The number of benzene rings is 3. The van der Waals surface area contributed by atoms with Crippen LogP contribution >= 0.6 is 47.8 Å². The Bertz CT molecular complexity index is 1330. The van der Waals surface area contributed by atoms with Crippen LogP contribution in [0.4, 0.5) is 0 Å². The number of rotatable bonds is 5. The summed E-state index contributed by atoms with van der Waals surface area (Å²) in [5.74, 6) is 0.835. The molecule has 0 saturated carbocycles. The minimum atomic E-state index is -0.384. The zero-order valence-electron chi connectivity index (χ0n) is 16.9. The molecule has 0 unspecified atom stereocenters. The van der Waals surface area contributed by atoms with E-state index in [0.29, 0.717) is 28.3 Å². The standard InChI is InChI=1S/C23H18Br3NO4/c1-4-31-23(28)19-17-11-7-5-6-8-12(11)20(25)18(21(17)27-22(19)26)13-9-15(29-2)16(30-3)10-14(13)24/h5-10,27H,4H2,1-3H3. The Labute approximate surface area is 204 Å². The van der Waals surface area contributed by atoms with Crippen LogP contribution < -0.4 is 9.47 Å². The summed E-state index contributed by atoms with van der Waals surface area (Å²) < 4.78 is 18.6. The Hall–Kier alpha value is -2.03. The maximum Gasteiger partial charge on any atom is 0.341 e. The van der Waals surface area contributed by atoms with Gasteiger partial charge in [-0.3, -0.25) is 0 Å². The number of fused-ring (bicyclic) bond motifs is 3. The van der Waals surface area contributed by atoms with Gasteiger partial charge in [-0.2, -0.15) is 0 Å². The summed E-state index contributed by atoms with van der Waals surface area (Å²) in [6.45, 7) is 2.09. The van der Waals surface area contributed by atoms with E-state index in [2.05, 4.69) is 52.8 Å². The normalized spacial score (nSPS) is 11.2.